The lowest BCUT2D eigenvalue weighted by Gasteiger charge is -2.09. The molecule has 0 saturated carbocycles. The molecule has 0 aliphatic carbocycles. The van der Waals surface area contributed by atoms with Crippen LogP contribution in [0.5, 0.6) is 11.5 Å². The summed E-state index contributed by atoms with van der Waals surface area (Å²) in [6, 6.07) is 25.4. The molecule has 4 nitrogen and oxygen atoms in total. The third-order valence-corrected chi connectivity index (χ3v) is 8.72. The van der Waals surface area contributed by atoms with Crippen molar-refractivity contribution in [1.29, 1.82) is 0 Å². The molecule has 0 amide bonds. The van der Waals surface area contributed by atoms with Crippen LogP contribution in [-0.4, -0.2) is 23.2 Å². The summed E-state index contributed by atoms with van der Waals surface area (Å²) < 4.78 is 12.1. The second kappa shape index (κ2) is 21.2. The molecule has 0 radical (unpaired) electrons. The molecule has 46 heavy (non-hydrogen) atoms. The summed E-state index contributed by atoms with van der Waals surface area (Å²) in [7, 11) is 0. The Morgan fingerprint density at radius 2 is 1.09 bits per heavy atom. The van der Waals surface area contributed by atoms with Crippen molar-refractivity contribution in [3.8, 4) is 11.5 Å². The number of nitrogens with one attached hydrogen (secondary N) is 2. The molecule has 0 saturated heterocycles. The van der Waals surface area contributed by atoms with Gasteiger partial charge in [0.15, 0.2) is 0 Å². The molecule has 4 aromatic rings. The zero-order valence-electron chi connectivity index (χ0n) is 28.6. The quantitative estimate of drug-likeness (QED) is 0.0809. The third-order valence-electron chi connectivity index (χ3n) is 8.72. The first-order valence-electron chi connectivity index (χ1n) is 18.3. The van der Waals surface area contributed by atoms with Crippen LogP contribution < -0.4 is 20.2 Å². The van der Waals surface area contributed by atoms with Crippen molar-refractivity contribution in [3.63, 3.8) is 0 Å². The van der Waals surface area contributed by atoms with Gasteiger partial charge in [0.25, 0.3) is 0 Å². The summed E-state index contributed by atoms with van der Waals surface area (Å²) in [4.78, 5) is 7.05. The largest absolute Gasteiger partial charge is 0.494 e. The molecule has 0 aliphatic rings. The molecule has 0 bridgehead atoms. The van der Waals surface area contributed by atoms with Gasteiger partial charge in [0, 0.05) is 28.2 Å². The van der Waals surface area contributed by atoms with Gasteiger partial charge in [-0.2, -0.15) is 0 Å². The topological polar surface area (TPSA) is 50.0 Å². The van der Waals surface area contributed by atoms with E-state index < -0.39 is 0 Å². The molecule has 4 heteroatoms. The van der Waals surface area contributed by atoms with Crippen LogP contribution in [0.3, 0.4) is 0 Å². The highest BCUT2D eigenvalue weighted by atomic mass is 16.5. The molecule has 2 aromatic heterocycles. The predicted octanol–water partition coefficient (Wildman–Crippen LogP) is 10.5. The molecule has 2 aromatic carbocycles. The van der Waals surface area contributed by atoms with Crippen LogP contribution in [-0.2, 0) is 0 Å². The monoisotopic (exact) mass is 622 g/mol. The van der Waals surface area contributed by atoms with Crippen molar-refractivity contribution in [3.05, 3.63) is 107 Å². The third kappa shape index (κ3) is 12.6. The predicted molar refractivity (Wildman–Crippen MR) is 195 cm³/mol. The highest BCUT2D eigenvalue weighted by Gasteiger charge is 2.09. The fraction of sp³-hybridized carbons (Fsp3) is 0.476. The Morgan fingerprint density at radius 3 is 1.61 bits per heavy atom. The van der Waals surface area contributed by atoms with Gasteiger partial charge in [0.05, 0.1) is 13.2 Å². The first-order valence-corrected chi connectivity index (χ1v) is 18.3. The summed E-state index contributed by atoms with van der Waals surface area (Å²) in [5.41, 5.74) is 4.52. The van der Waals surface area contributed by atoms with Crippen molar-refractivity contribution in [1.82, 2.24) is 9.97 Å². The van der Waals surface area contributed by atoms with E-state index in [1.54, 1.807) is 0 Å². The fourth-order valence-corrected chi connectivity index (χ4v) is 5.99. The van der Waals surface area contributed by atoms with E-state index in [-0.39, 0.29) is 0 Å². The second-order valence-corrected chi connectivity index (χ2v) is 12.7. The van der Waals surface area contributed by atoms with E-state index in [9.17, 15) is 0 Å². The van der Waals surface area contributed by atoms with Crippen LogP contribution in [0.15, 0.2) is 79.0 Å². The molecule has 0 aliphatic heterocycles. The minimum Gasteiger partial charge on any atom is -0.494 e. The van der Waals surface area contributed by atoms with Crippen LogP contribution >= 0.6 is 0 Å². The SMILES string of the molecule is CCCCCCCCCCOc1ccc(/C=c2/cc/c(=C(\c3ccc(OCCCCCCCCCC)cc3)c3ccc[nH]3)[nH]2)cc1. The van der Waals surface area contributed by atoms with Crippen molar-refractivity contribution in [2.75, 3.05) is 13.2 Å². The normalized spacial score (nSPS) is 12.4. The van der Waals surface area contributed by atoms with E-state index in [1.165, 1.54) is 89.9 Å². The molecule has 2 heterocycles. The number of hydrogen-bond donors (Lipinski definition) is 2. The zero-order chi connectivity index (χ0) is 32.1. The fourth-order valence-electron chi connectivity index (χ4n) is 5.99. The van der Waals surface area contributed by atoms with E-state index in [0.717, 1.165) is 70.6 Å². The average molecular weight is 623 g/mol. The van der Waals surface area contributed by atoms with Gasteiger partial charge in [-0.05, 0) is 78.6 Å². The highest BCUT2D eigenvalue weighted by molar-refractivity contribution is 5.77. The lowest BCUT2D eigenvalue weighted by Crippen LogP contribution is -2.14. The molecular formula is C42H58N2O2. The molecule has 4 rings (SSSR count). The van der Waals surface area contributed by atoms with Crippen LogP contribution in [0, 0.1) is 0 Å². The summed E-state index contributed by atoms with van der Waals surface area (Å²) >= 11 is 0. The minimum absolute atomic E-state index is 0.781. The summed E-state index contributed by atoms with van der Waals surface area (Å²) in [6.07, 6.45) is 25.1. The van der Waals surface area contributed by atoms with Gasteiger partial charge in [-0.3, -0.25) is 0 Å². The van der Waals surface area contributed by atoms with Crippen LogP contribution in [0.4, 0.5) is 0 Å². The molecule has 0 spiro atoms. The Labute approximate surface area is 278 Å². The number of benzene rings is 2. The van der Waals surface area contributed by atoms with Crippen LogP contribution in [0.25, 0.3) is 11.6 Å². The zero-order valence-corrected chi connectivity index (χ0v) is 28.6. The van der Waals surface area contributed by atoms with Crippen molar-refractivity contribution in [2.24, 2.45) is 0 Å². The Kier molecular flexibility index (Phi) is 16.2. The van der Waals surface area contributed by atoms with Crippen molar-refractivity contribution < 1.29 is 9.47 Å². The first-order chi connectivity index (χ1) is 22.8. The Bertz CT molecular complexity index is 1450. The maximum absolute atomic E-state index is 6.07. The number of aromatic nitrogens is 2. The molecule has 0 fully saturated rings. The number of ether oxygens (including phenoxy) is 2. The number of hydrogen-bond acceptors (Lipinski definition) is 2. The molecule has 2 N–H and O–H groups in total. The smallest absolute Gasteiger partial charge is 0.119 e. The van der Waals surface area contributed by atoms with E-state index in [1.807, 2.05) is 12.3 Å². The second-order valence-electron chi connectivity index (χ2n) is 12.7. The van der Waals surface area contributed by atoms with Crippen LogP contribution in [0.2, 0.25) is 0 Å². The molecule has 0 atom stereocenters. The van der Waals surface area contributed by atoms with Gasteiger partial charge in [-0.1, -0.05) is 128 Å². The standard InChI is InChI=1S/C42H58N2O2/c1-3-5-7-9-11-13-15-17-32-45-38-26-21-35(22-27-38)34-37-25-30-41(44-37)42(40-20-19-31-43-40)36-23-28-39(29-24-36)46-33-18-16-14-12-10-8-6-4-2/h19-31,34,43-44H,3-18,32-33H2,1-2H3/b37-34-,42-41-. The van der Waals surface area contributed by atoms with Gasteiger partial charge in [-0.15, -0.1) is 0 Å². The number of rotatable bonds is 23. The number of aromatic amines is 2. The maximum Gasteiger partial charge on any atom is 0.119 e. The van der Waals surface area contributed by atoms with Gasteiger partial charge in [-0.25, -0.2) is 0 Å². The van der Waals surface area contributed by atoms with E-state index >= 15 is 0 Å². The maximum atomic E-state index is 6.07. The number of unbranched alkanes of at least 4 members (excludes halogenated alkanes) is 14. The van der Waals surface area contributed by atoms with Gasteiger partial charge in [0.2, 0.25) is 0 Å². The summed E-state index contributed by atoms with van der Waals surface area (Å²) in [6.45, 7) is 6.12. The van der Waals surface area contributed by atoms with E-state index in [2.05, 4.69) is 96.6 Å². The Hall–Kier alpha value is -3.66. The first kappa shape index (κ1) is 35.2. The summed E-state index contributed by atoms with van der Waals surface area (Å²) in [5, 5.41) is 2.14. The molecular weight excluding hydrogens is 564 g/mol. The van der Waals surface area contributed by atoms with Crippen molar-refractivity contribution in [2.45, 2.75) is 117 Å². The minimum atomic E-state index is 0.781. The van der Waals surface area contributed by atoms with Crippen molar-refractivity contribution >= 4 is 11.6 Å². The highest BCUT2D eigenvalue weighted by Crippen LogP contribution is 2.22. The molecule has 248 valence electrons. The Morgan fingerprint density at radius 1 is 0.565 bits per heavy atom. The molecule has 0 unspecified atom stereocenters. The number of H-pyrrole nitrogens is 2. The van der Waals surface area contributed by atoms with Crippen LogP contribution in [0.1, 0.15) is 133 Å². The lowest BCUT2D eigenvalue weighted by atomic mass is 10.0. The van der Waals surface area contributed by atoms with E-state index in [0.29, 0.717) is 0 Å². The average Bonchev–Trinajstić information content (AvgIpc) is 3.78. The Balaban J connectivity index is 1.31. The van der Waals surface area contributed by atoms with Gasteiger partial charge >= 0.3 is 0 Å². The van der Waals surface area contributed by atoms with Gasteiger partial charge in [0.1, 0.15) is 11.5 Å². The van der Waals surface area contributed by atoms with E-state index in [4.69, 9.17) is 9.47 Å². The van der Waals surface area contributed by atoms with Gasteiger partial charge < -0.3 is 19.4 Å². The lowest BCUT2D eigenvalue weighted by molar-refractivity contribution is 0.304. The summed E-state index contributed by atoms with van der Waals surface area (Å²) in [5.74, 6) is 1.88.